The van der Waals surface area contributed by atoms with E-state index in [1.807, 2.05) is 5.38 Å². The second-order valence-electron chi connectivity index (χ2n) is 4.88. The molecule has 1 saturated heterocycles. The largest absolute Gasteiger partial charge is 0.396 e. The van der Waals surface area contributed by atoms with Crippen molar-refractivity contribution in [3.63, 3.8) is 0 Å². The van der Waals surface area contributed by atoms with E-state index in [4.69, 9.17) is 5.11 Å². The van der Waals surface area contributed by atoms with Gasteiger partial charge in [-0.15, -0.1) is 11.3 Å². The van der Waals surface area contributed by atoms with Crippen molar-refractivity contribution >= 4 is 17.4 Å². The third-order valence-corrected chi connectivity index (χ3v) is 4.43. The maximum absolute atomic E-state index is 12.0. The fraction of sp³-hybridized carbons (Fsp3) is 0.692. The molecule has 2 heterocycles. The van der Waals surface area contributed by atoms with Crippen LogP contribution in [-0.4, -0.2) is 40.7 Å². The van der Waals surface area contributed by atoms with E-state index in [0.717, 1.165) is 36.5 Å². The van der Waals surface area contributed by atoms with Crippen molar-refractivity contribution in [2.24, 2.45) is 5.92 Å². The van der Waals surface area contributed by atoms with Gasteiger partial charge >= 0.3 is 6.03 Å². The summed E-state index contributed by atoms with van der Waals surface area (Å²) in [5.41, 5.74) is 0.922. The van der Waals surface area contributed by atoms with Gasteiger partial charge in [-0.05, 0) is 25.2 Å². The Hall–Kier alpha value is -1.14. The van der Waals surface area contributed by atoms with Gasteiger partial charge in [0.15, 0.2) is 0 Å². The predicted molar refractivity (Wildman–Crippen MR) is 75.1 cm³/mol. The van der Waals surface area contributed by atoms with E-state index < -0.39 is 0 Å². The number of hydrogen-bond donors (Lipinski definition) is 2. The first-order chi connectivity index (χ1) is 9.22. The summed E-state index contributed by atoms with van der Waals surface area (Å²) in [6.45, 7) is 4.15. The molecule has 5 nitrogen and oxygen atoms in total. The highest BCUT2D eigenvalue weighted by atomic mass is 32.1. The van der Waals surface area contributed by atoms with Gasteiger partial charge in [-0.2, -0.15) is 0 Å². The number of aryl methyl sites for hydroxylation is 1. The van der Waals surface area contributed by atoms with Crippen LogP contribution in [0.25, 0.3) is 0 Å². The molecule has 2 rings (SSSR count). The van der Waals surface area contributed by atoms with Crippen molar-refractivity contribution in [1.29, 1.82) is 0 Å². The minimum absolute atomic E-state index is 0.0517. The summed E-state index contributed by atoms with van der Waals surface area (Å²) in [4.78, 5) is 18.2. The van der Waals surface area contributed by atoms with Crippen molar-refractivity contribution in [2.75, 3.05) is 19.7 Å². The Morgan fingerprint density at radius 2 is 2.53 bits per heavy atom. The van der Waals surface area contributed by atoms with Crippen LogP contribution in [0.2, 0.25) is 0 Å². The molecule has 106 valence electrons. The first-order valence-electron chi connectivity index (χ1n) is 6.79. The highest BCUT2D eigenvalue weighted by Gasteiger charge is 2.22. The number of nitrogens with one attached hydrogen (secondary N) is 1. The van der Waals surface area contributed by atoms with E-state index in [1.54, 1.807) is 16.2 Å². The molecule has 1 unspecified atom stereocenters. The molecular formula is C13H21N3O2S. The van der Waals surface area contributed by atoms with Gasteiger partial charge < -0.3 is 15.3 Å². The Labute approximate surface area is 117 Å². The van der Waals surface area contributed by atoms with Crippen LogP contribution in [0, 0.1) is 5.92 Å². The molecule has 1 atom stereocenters. The van der Waals surface area contributed by atoms with Gasteiger partial charge in [0, 0.05) is 25.1 Å². The zero-order valence-corrected chi connectivity index (χ0v) is 12.1. The fourth-order valence-electron chi connectivity index (χ4n) is 2.27. The van der Waals surface area contributed by atoms with Crippen molar-refractivity contribution < 1.29 is 9.90 Å². The Morgan fingerprint density at radius 1 is 1.68 bits per heavy atom. The number of thiazole rings is 1. The lowest BCUT2D eigenvalue weighted by Gasteiger charge is -2.31. The van der Waals surface area contributed by atoms with E-state index >= 15 is 0 Å². The summed E-state index contributed by atoms with van der Waals surface area (Å²) in [6, 6.07) is -0.0517. The molecule has 19 heavy (non-hydrogen) atoms. The summed E-state index contributed by atoms with van der Waals surface area (Å²) >= 11 is 1.63. The molecule has 0 radical (unpaired) electrons. The zero-order valence-electron chi connectivity index (χ0n) is 11.3. The van der Waals surface area contributed by atoms with Crippen LogP contribution in [0.4, 0.5) is 4.79 Å². The van der Waals surface area contributed by atoms with Crippen molar-refractivity contribution in [3.05, 3.63) is 16.1 Å². The lowest BCUT2D eigenvalue weighted by molar-refractivity contribution is 0.129. The number of rotatable bonds is 4. The van der Waals surface area contributed by atoms with E-state index in [2.05, 4.69) is 17.2 Å². The molecule has 0 aliphatic carbocycles. The molecule has 2 N–H and O–H groups in total. The number of aromatic nitrogens is 1. The smallest absolute Gasteiger partial charge is 0.317 e. The number of carbonyl (C=O) groups is 1. The van der Waals surface area contributed by atoms with Gasteiger partial charge in [0.25, 0.3) is 0 Å². The number of carbonyl (C=O) groups excluding carboxylic acids is 1. The molecule has 1 aromatic rings. The monoisotopic (exact) mass is 283 g/mol. The fourth-order valence-corrected chi connectivity index (χ4v) is 3.01. The minimum atomic E-state index is -0.0517. The van der Waals surface area contributed by atoms with Crippen LogP contribution in [0.5, 0.6) is 0 Å². The summed E-state index contributed by atoms with van der Waals surface area (Å²) in [5.74, 6) is 0.227. The summed E-state index contributed by atoms with van der Waals surface area (Å²) < 4.78 is 0. The summed E-state index contributed by atoms with van der Waals surface area (Å²) in [6.07, 6.45) is 2.91. The highest BCUT2D eigenvalue weighted by molar-refractivity contribution is 7.09. The van der Waals surface area contributed by atoms with Crippen LogP contribution >= 0.6 is 11.3 Å². The molecule has 0 saturated carbocycles. The topological polar surface area (TPSA) is 65.5 Å². The molecule has 0 aromatic carbocycles. The van der Waals surface area contributed by atoms with Crippen LogP contribution in [0.3, 0.4) is 0 Å². The first-order valence-corrected chi connectivity index (χ1v) is 7.67. The van der Waals surface area contributed by atoms with Crippen LogP contribution < -0.4 is 5.32 Å². The number of aliphatic hydroxyl groups excluding tert-OH is 1. The lowest BCUT2D eigenvalue weighted by atomic mass is 9.99. The molecule has 1 fully saturated rings. The quantitative estimate of drug-likeness (QED) is 0.882. The van der Waals surface area contributed by atoms with E-state index in [0.29, 0.717) is 13.1 Å². The average Bonchev–Trinajstić information content (AvgIpc) is 2.93. The molecule has 0 spiro atoms. The molecular weight excluding hydrogens is 262 g/mol. The first kappa shape index (κ1) is 14.3. The number of piperidine rings is 1. The molecule has 2 amide bonds. The third kappa shape index (κ3) is 3.91. The normalized spacial score (nSPS) is 19.5. The van der Waals surface area contributed by atoms with Crippen LogP contribution in [0.1, 0.15) is 30.5 Å². The molecule has 0 bridgehead atoms. The maximum Gasteiger partial charge on any atom is 0.317 e. The van der Waals surface area contributed by atoms with Gasteiger partial charge in [0.05, 0.1) is 17.2 Å². The highest BCUT2D eigenvalue weighted by Crippen LogP contribution is 2.16. The van der Waals surface area contributed by atoms with E-state index in [9.17, 15) is 4.79 Å². The van der Waals surface area contributed by atoms with Gasteiger partial charge in [0.2, 0.25) is 0 Å². The standard InChI is InChI=1S/C13H21N3O2S/c1-2-12-15-11(9-19-12)6-14-13(18)16-5-3-4-10(7-16)8-17/h9-10,17H,2-8H2,1H3,(H,14,18). The number of amides is 2. The molecule has 1 aliphatic heterocycles. The lowest BCUT2D eigenvalue weighted by Crippen LogP contribution is -2.45. The van der Waals surface area contributed by atoms with Gasteiger partial charge in [-0.25, -0.2) is 9.78 Å². The van der Waals surface area contributed by atoms with E-state index in [-0.39, 0.29) is 18.6 Å². The Balaban J connectivity index is 1.80. The Morgan fingerprint density at radius 3 is 3.21 bits per heavy atom. The second kappa shape index (κ2) is 6.86. The van der Waals surface area contributed by atoms with Crippen LogP contribution in [0.15, 0.2) is 5.38 Å². The molecule has 1 aliphatic rings. The van der Waals surface area contributed by atoms with E-state index in [1.165, 1.54) is 0 Å². The summed E-state index contributed by atoms with van der Waals surface area (Å²) in [7, 11) is 0. The van der Waals surface area contributed by atoms with Crippen molar-refractivity contribution in [1.82, 2.24) is 15.2 Å². The zero-order chi connectivity index (χ0) is 13.7. The average molecular weight is 283 g/mol. The number of aliphatic hydroxyl groups is 1. The summed E-state index contributed by atoms with van der Waals surface area (Å²) in [5, 5.41) is 15.2. The predicted octanol–water partition coefficient (Wildman–Crippen LogP) is 1.62. The Bertz CT molecular complexity index is 422. The van der Waals surface area contributed by atoms with Crippen molar-refractivity contribution in [3.8, 4) is 0 Å². The number of nitrogens with zero attached hydrogens (tertiary/aromatic N) is 2. The number of urea groups is 1. The maximum atomic E-state index is 12.0. The third-order valence-electron chi connectivity index (χ3n) is 3.39. The Kier molecular flexibility index (Phi) is 5.15. The number of hydrogen-bond acceptors (Lipinski definition) is 4. The van der Waals surface area contributed by atoms with Gasteiger partial charge in [-0.1, -0.05) is 6.92 Å². The molecule has 6 heteroatoms. The van der Waals surface area contributed by atoms with Gasteiger partial charge in [-0.3, -0.25) is 0 Å². The molecule has 1 aromatic heterocycles. The minimum Gasteiger partial charge on any atom is -0.396 e. The van der Waals surface area contributed by atoms with Gasteiger partial charge in [0.1, 0.15) is 0 Å². The SMILES string of the molecule is CCc1nc(CNC(=O)N2CCCC(CO)C2)cs1. The van der Waals surface area contributed by atoms with Crippen LogP contribution in [-0.2, 0) is 13.0 Å². The van der Waals surface area contributed by atoms with Crippen molar-refractivity contribution in [2.45, 2.75) is 32.7 Å². The second-order valence-corrected chi connectivity index (χ2v) is 5.82. The number of likely N-dealkylation sites (tertiary alicyclic amines) is 1.